The summed E-state index contributed by atoms with van der Waals surface area (Å²) in [5.74, 6) is -0.151. The molecule has 1 saturated heterocycles. The molecule has 0 radical (unpaired) electrons. The summed E-state index contributed by atoms with van der Waals surface area (Å²) in [7, 11) is 0. The molecule has 13 heavy (non-hydrogen) atoms. The molecule has 1 atom stereocenters. The van der Waals surface area contributed by atoms with Gasteiger partial charge in [-0.05, 0) is 13.8 Å². The smallest absolute Gasteiger partial charge is 0.323 e. The normalized spacial score (nSPS) is 22.8. The van der Waals surface area contributed by atoms with Gasteiger partial charge in [0.2, 0.25) is 0 Å². The Morgan fingerprint density at radius 2 is 2.38 bits per heavy atom. The van der Waals surface area contributed by atoms with Gasteiger partial charge in [-0.1, -0.05) is 0 Å². The number of carbonyl (C=O) groups excluding carboxylic acids is 1. The fraction of sp³-hybridized carbons (Fsp3) is 0.889. The third kappa shape index (κ3) is 2.42. The standard InChI is InChI=1S/C9H17NO3/c1-7(2)10(4-5-11)8-3-6-13-9(8)12/h7-8,11H,3-6H2,1-2H3. The number of rotatable bonds is 4. The van der Waals surface area contributed by atoms with E-state index in [1.165, 1.54) is 0 Å². The number of aliphatic hydroxyl groups excluding tert-OH is 1. The van der Waals surface area contributed by atoms with E-state index < -0.39 is 0 Å². The highest BCUT2D eigenvalue weighted by Crippen LogP contribution is 2.16. The molecule has 1 unspecified atom stereocenters. The van der Waals surface area contributed by atoms with Crippen LogP contribution in [-0.4, -0.2) is 47.8 Å². The Kier molecular flexibility index (Phi) is 3.69. The molecule has 1 fully saturated rings. The van der Waals surface area contributed by atoms with Crippen LogP contribution in [0.4, 0.5) is 0 Å². The number of cyclic esters (lactones) is 1. The van der Waals surface area contributed by atoms with E-state index in [1.54, 1.807) is 0 Å². The first kappa shape index (κ1) is 10.5. The van der Waals surface area contributed by atoms with Gasteiger partial charge in [0, 0.05) is 19.0 Å². The summed E-state index contributed by atoms with van der Waals surface area (Å²) in [5, 5.41) is 8.84. The van der Waals surface area contributed by atoms with E-state index in [2.05, 4.69) is 0 Å². The Balaban J connectivity index is 2.57. The van der Waals surface area contributed by atoms with Gasteiger partial charge < -0.3 is 9.84 Å². The summed E-state index contributed by atoms with van der Waals surface area (Å²) in [5.41, 5.74) is 0. The maximum atomic E-state index is 11.2. The summed E-state index contributed by atoms with van der Waals surface area (Å²) in [6.45, 7) is 5.17. The van der Waals surface area contributed by atoms with Crippen LogP contribution < -0.4 is 0 Å². The average molecular weight is 187 g/mol. The van der Waals surface area contributed by atoms with Gasteiger partial charge in [0.1, 0.15) is 6.04 Å². The second-order valence-electron chi connectivity index (χ2n) is 3.53. The molecule has 0 aliphatic carbocycles. The molecule has 0 aromatic heterocycles. The maximum absolute atomic E-state index is 11.2. The highest BCUT2D eigenvalue weighted by atomic mass is 16.5. The van der Waals surface area contributed by atoms with E-state index in [0.29, 0.717) is 13.2 Å². The minimum atomic E-state index is -0.151. The van der Waals surface area contributed by atoms with Crippen molar-refractivity contribution in [2.45, 2.75) is 32.4 Å². The zero-order chi connectivity index (χ0) is 9.84. The lowest BCUT2D eigenvalue weighted by Crippen LogP contribution is -2.44. The van der Waals surface area contributed by atoms with Gasteiger partial charge in [-0.3, -0.25) is 9.69 Å². The van der Waals surface area contributed by atoms with E-state index in [1.807, 2.05) is 18.7 Å². The van der Waals surface area contributed by atoms with Crippen molar-refractivity contribution in [3.8, 4) is 0 Å². The number of hydrogen-bond acceptors (Lipinski definition) is 4. The molecule has 1 N–H and O–H groups in total. The number of ether oxygens (including phenoxy) is 1. The Hall–Kier alpha value is -0.610. The molecular formula is C9H17NO3. The van der Waals surface area contributed by atoms with Gasteiger partial charge in [-0.2, -0.15) is 0 Å². The average Bonchev–Trinajstić information content (AvgIpc) is 2.47. The molecule has 1 aliphatic heterocycles. The molecule has 1 heterocycles. The predicted octanol–water partition coefficient (Wildman–Crippen LogP) is 0.00460. The van der Waals surface area contributed by atoms with Crippen molar-refractivity contribution in [2.75, 3.05) is 19.8 Å². The molecule has 76 valence electrons. The van der Waals surface area contributed by atoms with Crippen molar-refractivity contribution < 1.29 is 14.6 Å². The Morgan fingerprint density at radius 3 is 2.77 bits per heavy atom. The molecule has 0 saturated carbocycles. The summed E-state index contributed by atoms with van der Waals surface area (Å²) < 4.78 is 4.88. The number of hydrogen-bond donors (Lipinski definition) is 1. The van der Waals surface area contributed by atoms with Crippen LogP contribution >= 0.6 is 0 Å². The van der Waals surface area contributed by atoms with E-state index in [4.69, 9.17) is 9.84 Å². The summed E-state index contributed by atoms with van der Waals surface area (Å²) >= 11 is 0. The number of carbonyl (C=O) groups is 1. The number of esters is 1. The van der Waals surface area contributed by atoms with Crippen molar-refractivity contribution in [3.63, 3.8) is 0 Å². The van der Waals surface area contributed by atoms with E-state index in [0.717, 1.165) is 6.42 Å². The predicted molar refractivity (Wildman–Crippen MR) is 48.3 cm³/mol. The second-order valence-corrected chi connectivity index (χ2v) is 3.53. The van der Waals surface area contributed by atoms with Crippen LogP contribution in [0.15, 0.2) is 0 Å². The van der Waals surface area contributed by atoms with Gasteiger partial charge in [0.05, 0.1) is 13.2 Å². The van der Waals surface area contributed by atoms with Crippen LogP contribution in [0, 0.1) is 0 Å². The molecule has 4 heteroatoms. The largest absolute Gasteiger partial charge is 0.464 e. The van der Waals surface area contributed by atoms with Gasteiger partial charge >= 0.3 is 5.97 Å². The summed E-state index contributed by atoms with van der Waals surface area (Å²) in [6, 6.07) is 0.120. The quantitative estimate of drug-likeness (QED) is 0.630. The maximum Gasteiger partial charge on any atom is 0.323 e. The van der Waals surface area contributed by atoms with E-state index in [9.17, 15) is 4.79 Å². The van der Waals surface area contributed by atoms with Crippen LogP contribution in [-0.2, 0) is 9.53 Å². The van der Waals surface area contributed by atoms with Crippen molar-refractivity contribution in [2.24, 2.45) is 0 Å². The molecule has 0 aromatic carbocycles. The van der Waals surface area contributed by atoms with E-state index in [-0.39, 0.29) is 24.7 Å². The highest BCUT2D eigenvalue weighted by Gasteiger charge is 2.33. The van der Waals surface area contributed by atoms with E-state index >= 15 is 0 Å². The lowest BCUT2D eigenvalue weighted by Gasteiger charge is -2.29. The number of aliphatic hydroxyl groups is 1. The topological polar surface area (TPSA) is 49.8 Å². The lowest BCUT2D eigenvalue weighted by atomic mass is 10.1. The molecule has 0 bridgehead atoms. The Bertz CT molecular complexity index is 182. The minimum absolute atomic E-state index is 0.0853. The van der Waals surface area contributed by atoms with Crippen LogP contribution in [0.2, 0.25) is 0 Å². The second kappa shape index (κ2) is 4.58. The molecular weight excluding hydrogens is 170 g/mol. The summed E-state index contributed by atoms with van der Waals surface area (Å²) in [6.07, 6.45) is 0.747. The Labute approximate surface area is 78.5 Å². The van der Waals surface area contributed by atoms with Crippen LogP contribution in [0.1, 0.15) is 20.3 Å². The van der Waals surface area contributed by atoms with Crippen LogP contribution in [0.5, 0.6) is 0 Å². The molecule has 1 aliphatic rings. The molecule has 0 aromatic rings. The lowest BCUT2D eigenvalue weighted by molar-refractivity contribution is -0.143. The monoisotopic (exact) mass is 187 g/mol. The third-order valence-electron chi connectivity index (χ3n) is 2.33. The van der Waals surface area contributed by atoms with Crippen molar-refractivity contribution in [1.29, 1.82) is 0 Å². The third-order valence-corrected chi connectivity index (χ3v) is 2.33. The molecule has 4 nitrogen and oxygen atoms in total. The highest BCUT2D eigenvalue weighted by molar-refractivity contribution is 5.77. The summed E-state index contributed by atoms with van der Waals surface area (Å²) in [4.78, 5) is 13.2. The first-order valence-electron chi connectivity index (χ1n) is 4.70. The zero-order valence-electron chi connectivity index (χ0n) is 8.19. The van der Waals surface area contributed by atoms with Crippen molar-refractivity contribution in [1.82, 2.24) is 4.90 Å². The SMILES string of the molecule is CC(C)N(CCO)C1CCOC1=O. The van der Waals surface area contributed by atoms with Crippen LogP contribution in [0.25, 0.3) is 0 Å². The van der Waals surface area contributed by atoms with Gasteiger partial charge in [0.15, 0.2) is 0 Å². The number of nitrogens with zero attached hydrogens (tertiary/aromatic N) is 1. The minimum Gasteiger partial charge on any atom is -0.464 e. The fourth-order valence-electron chi connectivity index (χ4n) is 1.68. The first-order chi connectivity index (χ1) is 6.16. The van der Waals surface area contributed by atoms with Gasteiger partial charge in [-0.25, -0.2) is 0 Å². The molecule has 1 rings (SSSR count). The fourth-order valence-corrected chi connectivity index (χ4v) is 1.68. The molecule has 0 amide bonds. The zero-order valence-corrected chi connectivity index (χ0v) is 8.19. The van der Waals surface area contributed by atoms with Gasteiger partial charge in [-0.15, -0.1) is 0 Å². The van der Waals surface area contributed by atoms with Crippen molar-refractivity contribution >= 4 is 5.97 Å². The van der Waals surface area contributed by atoms with Crippen molar-refractivity contribution in [3.05, 3.63) is 0 Å². The van der Waals surface area contributed by atoms with Gasteiger partial charge in [0.25, 0.3) is 0 Å². The molecule has 0 spiro atoms. The first-order valence-corrected chi connectivity index (χ1v) is 4.70. The Morgan fingerprint density at radius 1 is 1.69 bits per heavy atom. The van der Waals surface area contributed by atoms with Crippen LogP contribution in [0.3, 0.4) is 0 Å².